The molecule has 3 rings (SSSR count). The van der Waals surface area contributed by atoms with Crippen molar-refractivity contribution in [2.24, 2.45) is 5.92 Å². The molecule has 0 aromatic heterocycles. The summed E-state index contributed by atoms with van der Waals surface area (Å²) >= 11 is 0. The van der Waals surface area contributed by atoms with Gasteiger partial charge in [0.1, 0.15) is 6.73 Å². The molecule has 0 saturated carbocycles. The first-order chi connectivity index (χ1) is 15.0. The zero-order valence-electron chi connectivity index (χ0n) is 18.1. The Kier molecular flexibility index (Phi) is 6.78. The van der Waals surface area contributed by atoms with Gasteiger partial charge in [-0.3, -0.25) is 4.79 Å². The minimum Gasteiger partial charge on any atom is -0.359 e. The lowest BCUT2D eigenvalue weighted by Gasteiger charge is -2.36. The van der Waals surface area contributed by atoms with Crippen molar-refractivity contribution >= 4 is 11.9 Å². The third-order valence-electron chi connectivity index (χ3n) is 5.67. The first-order valence-corrected chi connectivity index (χ1v) is 10.2. The molecule has 3 N–H and O–H groups in total. The Labute approximate surface area is 184 Å². The summed E-state index contributed by atoms with van der Waals surface area (Å²) in [6.07, 6.45) is -4.43. The third-order valence-corrected chi connectivity index (χ3v) is 5.67. The molecule has 6 nitrogen and oxygen atoms in total. The number of urea groups is 1. The van der Waals surface area contributed by atoms with E-state index in [0.717, 1.165) is 17.7 Å². The predicted molar refractivity (Wildman–Crippen MR) is 114 cm³/mol. The van der Waals surface area contributed by atoms with Crippen LogP contribution in [0, 0.1) is 12.8 Å². The zero-order chi connectivity index (χ0) is 23.5. The molecule has 2 aromatic rings. The van der Waals surface area contributed by atoms with Gasteiger partial charge in [-0.05, 0) is 42.2 Å². The molecular formula is C23H26F3N3O3. The van der Waals surface area contributed by atoms with E-state index in [1.807, 2.05) is 20.8 Å². The largest absolute Gasteiger partial charge is 0.416 e. The summed E-state index contributed by atoms with van der Waals surface area (Å²) in [5.74, 6) is -0.439. The van der Waals surface area contributed by atoms with Gasteiger partial charge in [-0.15, -0.1) is 0 Å². The van der Waals surface area contributed by atoms with Gasteiger partial charge in [0.15, 0.2) is 0 Å². The standard InChI is InChI=1S/C23H26F3N3O3/c1-14(2)22(12-32-13-28-21(31)29-22)11-27-20(30)18-9-4-15(3)10-19(18)16-5-7-17(8-6-16)23(24,25)26/h4-10,14H,11-13H2,1-3H3,(H,27,30)(H2,28,29,31). The number of amides is 3. The molecule has 172 valence electrons. The van der Waals surface area contributed by atoms with E-state index in [1.54, 1.807) is 18.2 Å². The summed E-state index contributed by atoms with van der Waals surface area (Å²) in [7, 11) is 0. The normalized spacial score (nSPS) is 19.2. The number of halogens is 3. The maximum Gasteiger partial charge on any atom is 0.416 e. The molecule has 1 saturated heterocycles. The van der Waals surface area contributed by atoms with Gasteiger partial charge in [-0.2, -0.15) is 13.2 Å². The van der Waals surface area contributed by atoms with E-state index in [-0.39, 0.29) is 31.8 Å². The Morgan fingerprint density at radius 1 is 1.19 bits per heavy atom. The second kappa shape index (κ2) is 9.20. The first-order valence-electron chi connectivity index (χ1n) is 10.2. The Morgan fingerprint density at radius 2 is 1.88 bits per heavy atom. The van der Waals surface area contributed by atoms with Crippen LogP contribution in [-0.4, -0.2) is 37.4 Å². The number of carbonyl (C=O) groups excluding carboxylic acids is 2. The Morgan fingerprint density at radius 3 is 2.50 bits per heavy atom. The van der Waals surface area contributed by atoms with Gasteiger partial charge in [0.2, 0.25) is 0 Å². The molecule has 1 heterocycles. The maximum absolute atomic E-state index is 13.1. The molecule has 1 atom stereocenters. The van der Waals surface area contributed by atoms with Crippen molar-refractivity contribution < 1.29 is 27.5 Å². The van der Waals surface area contributed by atoms with Gasteiger partial charge in [-0.1, -0.05) is 43.7 Å². The predicted octanol–water partition coefficient (Wildman–Crippen LogP) is 4.09. The molecule has 0 bridgehead atoms. The summed E-state index contributed by atoms with van der Waals surface area (Å²) in [6, 6.07) is 9.49. The fraction of sp³-hybridized carbons (Fsp3) is 0.391. The van der Waals surface area contributed by atoms with Gasteiger partial charge in [0.25, 0.3) is 5.91 Å². The maximum atomic E-state index is 13.1. The van der Waals surface area contributed by atoms with Crippen molar-refractivity contribution in [1.29, 1.82) is 0 Å². The summed E-state index contributed by atoms with van der Waals surface area (Å²) in [4.78, 5) is 25.1. The van der Waals surface area contributed by atoms with Crippen molar-refractivity contribution in [3.63, 3.8) is 0 Å². The molecular weight excluding hydrogens is 423 g/mol. The molecule has 1 unspecified atom stereocenters. The summed E-state index contributed by atoms with van der Waals surface area (Å²) in [6.45, 7) is 6.08. The highest BCUT2D eigenvalue weighted by atomic mass is 19.4. The van der Waals surface area contributed by atoms with E-state index >= 15 is 0 Å². The van der Waals surface area contributed by atoms with Crippen LogP contribution in [0.15, 0.2) is 42.5 Å². The van der Waals surface area contributed by atoms with Crippen molar-refractivity contribution in [2.75, 3.05) is 19.9 Å². The lowest BCUT2D eigenvalue weighted by atomic mass is 9.86. The number of nitrogens with one attached hydrogen (secondary N) is 3. The van der Waals surface area contributed by atoms with Crippen LogP contribution >= 0.6 is 0 Å². The number of carbonyl (C=O) groups is 2. The van der Waals surface area contributed by atoms with Crippen molar-refractivity contribution in [2.45, 2.75) is 32.5 Å². The van der Waals surface area contributed by atoms with Crippen LogP contribution in [0.1, 0.15) is 35.3 Å². The second-order valence-corrected chi connectivity index (χ2v) is 8.24. The van der Waals surface area contributed by atoms with E-state index in [4.69, 9.17) is 4.74 Å². The monoisotopic (exact) mass is 449 g/mol. The second-order valence-electron chi connectivity index (χ2n) is 8.24. The van der Waals surface area contributed by atoms with Crippen molar-refractivity contribution in [3.05, 3.63) is 59.2 Å². The molecule has 9 heteroatoms. The Hall–Kier alpha value is -3.07. The lowest BCUT2D eigenvalue weighted by molar-refractivity contribution is -0.137. The van der Waals surface area contributed by atoms with E-state index in [9.17, 15) is 22.8 Å². The van der Waals surface area contributed by atoms with E-state index < -0.39 is 23.2 Å². The number of ether oxygens (including phenoxy) is 1. The molecule has 32 heavy (non-hydrogen) atoms. The number of aryl methyl sites for hydroxylation is 1. The summed E-state index contributed by atoms with van der Waals surface area (Å²) < 4.78 is 44.2. The fourth-order valence-corrected chi connectivity index (χ4v) is 3.53. The fourth-order valence-electron chi connectivity index (χ4n) is 3.53. The SMILES string of the molecule is Cc1ccc(C(=O)NCC2(C(C)C)COCNC(=O)N2)c(-c2ccc(C(F)(F)F)cc2)c1. The van der Waals surface area contributed by atoms with Crippen LogP contribution in [0.4, 0.5) is 18.0 Å². The highest BCUT2D eigenvalue weighted by Gasteiger charge is 2.38. The topological polar surface area (TPSA) is 79.5 Å². The number of alkyl halides is 3. The molecule has 0 spiro atoms. The molecule has 0 aliphatic carbocycles. The summed E-state index contributed by atoms with van der Waals surface area (Å²) in [5.41, 5.74) is 0.656. The minimum absolute atomic E-state index is 0.0425. The van der Waals surface area contributed by atoms with E-state index in [1.165, 1.54) is 12.1 Å². The molecule has 2 aromatic carbocycles. The van der Waals surface area contributed by atoms with E-state index in [0.29, 0.717) is 16.7 Å². The highest BCUT2D eigenvalue weighted by molar-refractivity contribution is 6.01. The molecule has 1 fully saturated rings. The van der Waals surface area contributed by atoms with Crippen LogP contribution in [0.3, 0.4) is 0 Å². The molecule has 3 amide bonds. The zero-order valence-corrected chi connectivity index (χ0v) is 18.1. The summed E-state index contributed by atoms with van der Waals surface area (Å²) in [5, 5.41) is 8.30. The van der Waals surface area contributed by atoms with Gasteiger partial charge in [-0.25, -0.2) is 4.79 Å². The van der Waals surface area contributed by atoms with Gasteiger partial charge in [0, 0.05) is 12.1 Å². The lowest BCUT2D eigenvalue weighted by Crippen LogP contribution is -2.61. The molecule has 1 aliphatic heterocycles. The smallest absolute Gasteiger partial charge is 0.359 e. The van der Waals surface area contributed by atoms with Crippen LogP contribution in [-0.2, 0) is 10.9 Å². The molecule has 0 radical (unpaired) electrons. The third kappa shape index (κ3) is 5.21. The first kappa shape index (κ1) is 23.6. The average Bonchev–Trinajstić information content (AvgIpc) is 2.93. The quantitative estimate of drug-likeness (QED) is 0.643. The number of benzene rings is 2. The van der Waals surface area contributed by atoms with Crippen LogP contribution < -0.4 is 16.0 Å². The van der Waals surface area contributed by atoms with Gasteiger partial charge < -0.3 is 20.7 Å². The van der Waals surface area contributed by atoms with Crippen LogP contribution in [0.5, 0.6) is 0 Å². The average molecular weight is 449 g/mol. The van der Waals surface area contributed by atoms with E-state index in [2.05, 4.69) is 16.0 Å². The minimum atomic E-state index is -4.43. The van der Waals surface area contributed by atoms with Gasteiger partial charge in [0.05, 0.1) is 17.7 Å². The van der Waals surface area contributed by atoms with Crippen LogP contribution in [0.25, 0.3) is 11.1 Å². The van der Waals surface area contributed by atoms with Crippen molar-refractivity contribution in [3.8, 4) is 11.1 Å². The number of hydrogen-bond acceptors (Lipinski definition) is 3. The highest BCUT2D eigenvalue weighted by Crippen LogP contribution is 2.32. The van der Waals surface area contributed by atoms with Gasteiger partial charge >= 0.3 is 12.2 Å². The van der Waals surface area contributed by atoms with Crippen LogP contribution in [0.2, 0.25) is 0 Å². The molecule has 1 aliphatic rings. The Bertz CT molecular complexity index is 990. The Balaban J connectivity index is 1.86. The number of rotatable bonds is 5. The van der Waals surface area contributed by atoms with Crippen molar-refractivity contribution in [1.82, 2.24) is 16.0 Å². The number of hydrogen-bond donors (Lipinski definition) is 3.